The topological polar surface area (TPSA) is 75.3 Å². The summed E-state index contributed by atoms with van der Waals surface area (Å²) in [5, 5.41) is 2.83. The van der Waals surface area contributed by atoms with Crippen LogP contribution in [-0.2, 0) is 10.9 Å². The Kier molecular flexibility index (Phi) is 5.57. The molecule has 0 bridgehead atoms. The van der Waals surface area contributed by atoms with Gasteiger partial charge in [-0.25, -0.2) is 12.8 Å². The number of hydrogen-bond donors (Lipinski definition) is 3. The van der Waals surface area contributed by atoms with E-state index in [0.29, 0.717) is 12.8 Å². The Balaban J connectivity index is 3.03. The molecule has 0 radical (unpaired) electrons. The number of rotatable bonds is 7. The predicted octanol–water partition coefficient (Wildman–Crippen LogP) is 1.79. The molecule has 1 aromatic rings. The lowest BCUT2D eigenvalue weighted by atomic mass is 10.1. The van der Waals surface area contributed by atoms with E-state index in [9.17, 15) is 17.6 Å². The lowest BCUT2D eigenvalue weighted by Gasteiger charge is -2.10. The molecule has 0 aromatic heterocycles. The number of anilines is 2. The SMILES string of the molecule is CCCCNc1cc(C=O)cc(N[SH](=O)=O)c1F. The molecule has 0 aliphatic heterocycles. The number of unbranched alkanes of at least 4 members (excludes halogenated alkanes) is 1. The molecule has 1 rings (SSSR count). The van der Waals surface area contributed by atoms with E-state index in [2.05, 4.69) is 5.32 Å². The Morgan fingerprint density at radius 2 is 2.00 bits per heavy atom. The number of benzene rings is 1. The van der Waals surface area contributed by atoms with Crippen molar-refractivity contribution in [3.63, 3.8) is 0 Å². The highest BCUT2D eigenvalue weighted by molar-refractivity contribution is 7.73. The molecule has 100 valence electrons. The molecule has 0 unspecified atom stereocenters. The minimum atomic E-state index is -2.97. The van der Waals surface area contributed by atoms with Crippen molar-refractivity contribution in [3.8, 4) is 0 Å². The summed E-state index contributed by atoms with van der Waals surface area (Å²) >= 11 is 0. The Morgan fingerprint density at radius 3 is 2.56 bits per heavy atom. The van der Waals surface area contributed by atoms with Gasteiger partial charge in [0.1, 0.15) is 6.29 Å². The second kappa shape index (κ2) is 6.95. The van der Waals surface area contributed by atoms with Crippen LogP contribution in [0.5, 0.6) is 0 Å². The number of aldehydes is 1. The first-order chi connectivity index (χ1) is 8.58. The molecular formula is C11H15FN2O3S. The minimum Gasteiger partial charge on any atom is -0.383 e. The van der Waals surface area contributed by atoms with Crippen molar-refractivity contribution in [2.75, 3.05) is 16.6 Å². The van der Waals surface area contributed by atoms with E-state index in [4.69, 9.17) is 0 Å². The van der Waals surface area contributed by atoms with Crippen LogP contribution in [0.25, 0.3) is 0 Å². The zero-order chi connectivity index (χ0) is 13.5. The van der Waals surface area contributed by atoms with Gasteiger partial charge in [-0.1, -0.05) is 13.3 Å². The third kappa shape index (κ3) is 3.99. The standard InChI is InChI=1S/C11H15FN2O3S/c1-2-3-4-13-9-5-8(7-15)6-10(11(9)12)14-18(16)17/h5-7,13,18H,2-4H2,1H3,(H,14,16,17). The van der Waals surface area contributed by atoms with Crippen LogP contribution in [0, 0.1) is 5.82 Å². The molecule has 1 aromatic carbocycles. The quantitative estimate of drug-likeness (QED) is 0.402. The van der Waals surface area contributed by atoms with Gasteiger partial charge in [-0.2, -0.15) is 0 Å². The normalized spacial score (nSPS) is 10.4. The van der Waals surface area contributed by atoms with Gasteiger partial charge in [0.2, 0.25) is 10.9 Å². The van der Waals surface area contributed by atoms with Crippen LogP contribution in [0.2, 0.25) is 0 Å². The number of carbonyl (C=O) groups excluding carboxylic acids is 1. The Hall–Kier alpha value is -1.63. The molecule has 0 heterocycles. The number of thiol groups is 1. The average Bonchev–Trinajstić information content (AvgIpc) is 2.33. The van der Waals surface area contributed by atoms with Crippen molar-refractivity contribution in [2.45, 2.75) is 19.8 Å². The summed E-state index contributed by atoms with van der Waals surface area (Å²) in [4.78, 5) is 10.7. The number of carbonyl (C=O) groups is 1. The first-order valence-electron chi connectivity index (χ1n) is 5.52. The molecular weight excluding hydrogens is 259 g/mol. The fraction of sp³-hybridized carbons (Fsp3) is 0.364. The zero-order valence-electron chi connectivity index (χ0n) is 9.90. The highest BCUT2D eigenvalue weighted by Crippen LogP contribution is 2.24. The summed E-state index contributed by atoms with van der Waals surface area (Å²) in [5.74, 6) is -0.712. The zero-order valence-corrected chi connectivity index (χ0v) is 10.8. The average molecular weight is 274 g/mol. The minimum absolute atomic E-state index is 0.118. The summed E-state index contributed by atoms with van der Waals surface area (Å²) in [6, 6.07) is 2.50. The predicted molar refractivity (Wildman–Crippen MR) is 69.1 cm³/mol. The van der Waals surface area contributed by atoms with E-state index in [1.165, 1.54) is 6.07 Å². The van der Waals surface area contributed by atoms with Crippen LogP contribution in [0.4, 0.5) is 15.8 Å². The number of hydrogen-bond acceptors (Lipinski definition) is 4. The molecule has 2 N–H and O–H groups in total. The molecule has 0 saturated carbocycles. The van der Waals surface area contributed by atoms with Crippen LogP contribution in [0.1, 0.15) is 30.1 Å². The van der Waals surface area contributed by atoms with Crippen LogP contribution in [0.15, 0.2) is 12.1 Å². The van der Waals surface area contributed by atoms with Crippen molar-refractivity contribution >= 4 is 28.6 Å². The summed E-state index contributed by atoms with van der Waals surface area (Å²) in [6.07, 6.45) is 2.33. The fourth-order valence-electron chi connectivity index (χ4n) is 1.42. The van der Waals surface area contributed by atoms with Gasteiger partial charge in [0.05, 0.1) is 11.4 Å². The van der Waals surface area contributed by atoms with E-state index in [1.807, 2.05) is 11.6 Å². The van der Waals surface area contributed by atoms with Crippen molar-refractivity contribution in [3.05, 3.63) is 23.5 Å². The molecule has 0 fully saturated rings. The second-order valence-corrected chi connectivity index (χ2v) is 4.43. The van der Waals surface area contributed by atoms with E-state index >= 15 is 0 Å². The molecule has 0 spiro atoms. The maximum atomic E-state index is 13.9. The van der Waals surface area contributed by atoms with E-state index < -0.39 is 16.7 Å². The Bertz CT molecular complexity index is 495. The van der Waals surface area contributed by atoms with Crippen molar-refractivity contribution in [1.82, 2.24) is 0 Å². The Labute approximate surface area is 106 Å². The highest BCUT2D eigenvalue weighted by atomic mass is 32.2. The van der Waals surface area contributed by atoms with Crippen molar-refractivity contribution in [1.29, 1.82) is 0 Å². The molecule has 7 heteroatoms. The molecule has 0 saturated heterocycles. The third-order valence-electron chi connectivity index (χ3n) is 2.29. The largest absolute Gasteiger partial charge is 0.383 e. The lowest BCUT2D eigenvalue weighted by molar-refractivity contribution is 0.112. The molecule has 0 aliphatic carbocycles. The molecule has 0 amide bonds. The molecule has 5 nitrogen and oxygen atoms in total. The second-order valence-electron chi connectivity index (χ2n) is 3.70. The van der Waals surface area contributed by atoms with Crippen LogP contribution >= 0.6 is 0 Å². The Morgan fingerprint density at radius 1 is 1.33 bits per heavy atom. The van der Waals surface area contributed by atoms with E-state index in [-0.39, 0.29) is 16.9 Å². The molecule has 0 atom stereocenters. The van der Waals surface area contributed by atoms with Gasteiger partial charge < -0.3 is 5.32 Å². The van der Waals surface area contributed by atoms with Crippen LogP contribution < -0.4 is 10.0 Å². The lowest BCUT2D eigenvalue weighted by Crippen LogP contribution is -2.07. The summed E-state index contributed by atoms with van der Waals surface area (Å²) in [7, 11) is -2.97. The number of halogens is 1. The summed E-state index contributed by atoms with van der Waals surface area (Å²) < 4.78 is 36.9. The molecule has 0 aliphatic rings. The fourth-order valence-corrected chi connectivity index (χ4v) is 1.78. The van der Waals surface area contributed by atoms with Gasteiger partial charge in [-0.3, -0.25) is 9.52 Å². The van der Waals surface area contributed by atoms with Crippen LogP contribution in [-0.4, -0.2) is 21.2 Å². The van der Waals surface area contributed by atoms with Gasteiger partial charge in [-0.05, 0) is 18.6 Å². The summed E-state index contributed by atoms with van der Waals surface area (Å²) in [5.41, 5.74) is 0.0943. The first kappa shape index (κ1) is 14.4. The highest BCUT2D eigenvalue weighted by Gasteiger charge is 2.10. The number of nitrogens with one attached hydrogen (secondary N) is 2. The van der Waals surface area contributed by atoms with E-state index in [1.54, 1.807) is 0 Å². The first-order valence-corrected chi connectivity index (χ1v) is 6.69. The molecule has 18 heavy (non-hydrogen) atoms. The van der Waals surface area contributed by atoms with Gasteiger partial charge in [0, 0.05) is 12.1 Å². The van der Waals surface area contributed by atoms with Gasteiger partial charge in [0.25, 0.3) is 0 Å². The van der Waals surface area contributed by atoms with Gasteiger partial charge in [-0.15, -0.1) is 0 Å². The van der Waals surface area contributed by atoms with Gasteiger partial charge in [0.15, 0.2) is 5.82 Å². The smallest absolute Gasteiger partial charge is 0.222 e. The monoisotopic (exact) mass is 274 g/mol. The maximum absolute atomic E-state index is 13.9. The van der Waals surface area contributed by atoms with E-state index in [0.717, 1.165) is 18.9 Å². The van der Waals surface area contributed by atoms with Crippen molar-refractivity contribution < 1.29 is 17.6 Å². The maximum Gasteiger partial charge on any atom is 0.222 e. The summed E-state index contributed by atoms with van der Waals surface area (Å²) in [6.45, 7) is 2.55. The van der Waals surface area contributed by atoms with Crippen molar-refractivity contribution in [2.24, 2.45) is 0 Å². The van der Waals surface area contributed by atoms with Gasteiger partial charge >= 0.3 is 0 Å². The van der Waals surface area contributed by atoms with Crippen LogP contribution in [0.3, 0.4) is 0 Å². The third-order valence-corrected chi connectivity index (χ3v) is 2.71.